The van der Waals surface area contributed by atoms with Gasteiger partial charge in [0.25, 0.3) is 0 Å². The van der Waals surface area contributed by atoms with Gasteiger partial charge < -0.3 is 24.9 Å². The number of aromatic nitrogens is 4. The Morgan fingerprint density at radius 1 is 0.542 bits per heavy atom. The van der Waals surface area contributed by atoms with Crippen LogP contribution in [0.3, 0.4) is 0 Å². The van der Waals surface area contributed by atoms with Gasteiger partial charge in [0, 0.05) is 58.9 Å². The Bertz CT molecular complexity index is 2440. The van der Waals surface area contributed by atoms with Gasteiger partial charge in [0.2, 0.25) is 0 Å². The Hall–Kier alpha value is -5.66. The lowest BCUT2D eigenvalue weighted by molar-refractivity contribution is 0.311. The Balaban J connectivity index is 0.000000152. The highest BCUT2D eigenvalue weighted by atomic mass is 16.3. The Morgan fingerprint density at radius 3 is 1.48 bits per heavy atom. The van der Waals surface area contributed by atoms with E-state index in [1.165, 1.54) is 39.0 Å². The van der Waals surface area contributed by atoms with Gasteiger partial charge in [-0.15, -0.1) is 0 Å². The van der Waals surface area contributed by atoms with E-state index in [-0.39, 0.29) is 6.61 Å². The molecule has 0 saturated heterocycles. The smallest absolute Gasteiger partial charge is 0.136 e. The van der Waals surface area contributed by atoms with Crippen molar-refractivity contribution in [3.8, 4) is 11.4 Å². The molecule has 7 heteroatoms. The van der Waals surface area contributed by atoms with Crippen molar-refractivity contribution in [3.63, 3.8) is 0 Å². The lowest BCUT2D eigenvalue weighted by Gasteiger charge is -2.14. The fourth-order valence-electron chi connectivity index (χ4n) is 6.71. The summed E-state index contributed by atoms with van der Waals surface area (Å²) in [6, 6.07) is 33.8. The minimum atomic E-state index is 0.0769. The highest BCUT2D eigenvalue weighted by molar-refractivity contribution is 6.11. The third-order valence-corrected chi connectivity index (χ3v) is 9.11. The summed E-state index contributed by atoms with van der Waals surface area (Å²) in [4.78, 5) is 9.66. The zero-order valence-electron chi connectivity index (χ0n) is 28.0. The molecule has 7 nitrogen and oxygen atoms in total. The van der Waals surface area contributed by atoms with E-state index in [2.05, 4.69) is 157 Å². The third-order valence-electron chi connectivity index (χ3n) is 9.11. The van der Waals surface area contributed by atoms with Crippen LogP contribution < -0.4 is 10.6 Å². The average Bonchev–Trinajstić information content (AvgIpc) is 3.75. The molecular formula is C41H40N6O. The molecule has 4 aromatic heterocycles. The summed E-state index contributed by atoms with van der Waals surface area (Å²) in [5, 5.41) is 20.2. The first kappa shape index (κ1) is 31.0. The summed E-state index contributed by atoms with van der Waals surface area (Å²) in [6.07, 6.45) is 4.23. The van der Waals surface area contributed by atoms with Gasteiger partial charge in [-0.05, 0) is 74.2 Å². The number of benzene rings is 4. The van der Waals surface area contributed by atoms with Crippen LogP contribution in [-0.2, 0) is 0 Å². The Labute approximate surface area is 280 Å². The molecule has 8 aromatic rings. The minimum absolute atomic E-state index is 0.0769. The van der Waals surface area contributed by atoms with Crippen LogP contribution in [0.5, 0.6) is 0 Å². The number of aryl methyl sites for hydroxylation is 4. The number of para-hydroxylation sites is 4. The zero-order chi connectivity index (χ0) is 33.4. The number of nitrogens with zero attached hydrogens (tertiary/aromatic N) is 4. The van der Waals surface area contributed by atoms with Gasteiger partial charge in [-0.25, -0.2) is 9.97 Å². The molecule has 0 fully saturated rings. The molecule has 0 unspecified atom stereocenters. The summed E-state index contributed by atoms with van der Waals surface area (Å²) < 4.78 is 4.51. The summed E-state index contributed by atoms with van der Waals surface area (Å²) >= 11 is 0. The Morgan fingerprint density at radius 2 is 1.00 bits per heavy atom. The number of pyridine rings is 2. The fraction of sp³-hybridized carbons (Fsp3) is 0.171. The van der Waals surface area contributed by atoms with Crippen LogP contribution in [0.4, 0.5) is 11.6 Å². The summed E-state index contributed by atoms with van der Waals surface area (Å²) in [5.41, 5.74) is 11.6. The molecule has 8 rings (SSSR count). The van der Waals surface area contributed by atoms with Crippen molar-refractivity contribution in [1.29, 1.82) is 0 Å². The van der Waals surface area contributed by atoms with Gasteiger partial charge in [-0.2, -0.15) is 0 Å². The van der Waals surface area contributed by atoms with Crippen LogP contribution >= 0.6 is 0 Å². The summed E-state index contributed by atoms with van der Waals surface area (Å²) in [5.74, 6) is 1.74. The lowest BCUT2D eigenvalue weighted by Crippen LogP contribution is -2.08. The lowest BCUT2D eigenvalue weighted by atomic mass is 10.1. The van der Waals surface area contributed by atoms with Gasteiger partial charge >= 0.3 is 0 Å². The topological polar surface area (TPSA) is 79.9 Å². The number of hydrogen-bond donors (Lipinski definition) is 3. The van der Waals surface area contributed by atoms with Crippen LogP contribution in [0.1, 0.15) is 22.3 Å². The minimum Gasteiger partial charge on any atom is -0.395 e. The molecule has 3 N–H and O–H groups in total. The first-order valence-corrected chi connectivity index (χ1v) is 16.4. The maximum Gasteiger partial charge on any atom is 0.136 e. The van der Waals surface area contributed by atoms with E-state index in [9.17, 15) is 5.11 Å². The third kappa shape index (κ3) is 5.32. The van der Waals surface area contributed by atoms with E-state index in [1.807, 2.05) is 7.05 Å². The van der Waals surface area contributed by atoms with Gasteiger partial charge in [0.15, 0.2) is 0 Å². The highest BCUT2D eigenvalue weighted by Gasteiger charge is 2.16. The van der Waals surface area contributed by atoms with E-state index >= 15 is 0 Å². The van der Waals surface area contributed by atoms with Crippen molar-refractivity contribution in [1.82, 2.24) is 19.1 Å². The largest absolute Gasteiger partial charge is 0.395 e. The van der Waals surface area contributed by atoms with E-state index in [0.717, 1.165) is 49.9 Å². The Kier molecular flexibility index (Phi) is 8.29. The number of aliphatic hydroxyl groups excluding tert-OH is 1. The quantitative estimate of drug-likeness (QED) is 0.170. The van der Waals surface area contributed by atoms with Crippen LogP contribution in [0, 0.1) is 27.7 Å². The predicted molar refractivity (Wildman–Crippen MR) is 201 cm³/mol. The molecular weight excluding hydrogens is 592 g/mol. The van der Waals surface area contributed by atoms with E-state index < -0.39 is 0 Å². The van der Waals surface area contributed by atoms with Crippen LogP contribution in [0.25, 0.3) is 55.0 Å². The fourth-order valence-corrected chi connectivity index (χ4v) is 6.71. The highest BCUT2D eigenvalue weighted by Crippen LogP contribution is 2.35. The molecule has 0 aliphatic carbocycles. The number of hydrogen-bond acceptors (Lipinski definition) is 5. The maximum absolute atomic E-state index is 9.19. The molecule has 0 spiro atoms. The monoisotopic (exact) mass is 632 g/mol. The number of aliphatic hydroxyl groups is 1. The van der Waals surface area contributed by atoms with Gasteiger partial charge in [0.1, 0.15) is 11.6 Å². The molecule has 0 aliphatic heterocycles. The number of nitrogens with one attached hydrogen (secondary N) is 2. The number of anilines is 2. The molecule has 0 amide bonds. The van der Waals surface area contributed by atoms with E-state index in [4.69, 9.17) is 9.97 Å². The molecule has 0 radical (unpaired) electrons. The second-order valence-electron chi connectivity index (χ2n) is 12.2. The average molecular weight is 633 g/mol. The van der Waals surface area contributed by atoms with Crippen molar-refractivity contribution >= 4 is 55.2 Å². The first-order valence-electron chi connectivity index (χ1n) is 16.4. The van der Waals surface area contributed by atoms with Gasteiger partial charge in [0.05, 0.1) is 28.7 Å². The van der Waals surface area contributed by atoms with Crippen molar-refractivity contribution < 1.29 is 5.11 Å². The molecule has 48 heavy (non-hydrogen) atoms. The molecule has 4 aromatic carbocycles. The molecule has 0 atom stereocenters. The predicted octanol–water partition coefficient (Wildman–Crippen LogP) is 9.04. The number of fused-ring (bicyclic) bond motifs is 6. The summed E-state index contributed by atoms with van der Waals surface area (Å²) in [7, 11) is 1.93. The van der Waals surface area contributed by atoms with Crippen molar-refractivity contribution in [2.75, 3.05) is 30.8 Å². The maximum atomic E-state index is 9.19. The zero-order valence-corrected chi connectivity index (χ0v) is 28.0. The number of rotatable bonds is 6. The second kappa shape index (κ2) is 12.9. The van der Waals surface area contributed by atoms with Crippen molar-refractivity contribution in [2.45, 2.75) is 27.7 Å². The normalized spacial score (nSPS) is 11.3. The molecule has 0 bridgehead atoms. The standard InChI is InChI=1S/C21H21N3O.C20H19N3/c1-14-6-3-4-9-18(14)24-12-10-17-20(24)16-8-5-7-15(2)19(16)23-21(17)22-11-13-25;1-13-7-4-5-10-17(13)23-12-11-16-19(23)15-9-6-8-14(2)18(15)22-20(16)21-3/h3-10,12,25H,11,13H2,1-2H3,(H,22,23);4-12H,1-3H3,(H,21,22). The van der Waals surface area contributed by atoms with Crippen molar-refractivity contribution in [2.24, 2.45) is 0 Å². The van der Waals surface area contributed by atoms with E-state index in [0.29, 0.717) is 6.54 Å². The molecule has 4 heterocycles. The van der Waals surface area contributed by atoms with Crippen LogP contribution in [0.2, 0.25) is 0 Å². The van der Waals surface area contributed by atoms with E-state index in [1.54, 1.807) is 0 Å². The SMILES string of the molecule is CNc1nc2c(C)cccc2c2c1ccn2-c1ccccc1C.Cc1ccccc1-n1ccc2c(NCCO)nc3c(C)cccc3c21. The van der Waals surface area contributed by atoms with Gasteiger partial charge in [-0.3, -0.25) is 0 Å². The van der Waals surface area contributed by atoms with Crippen molar-refractivity contribution in [3.05, 3.63) is 132 Å². The second-order valence-corrected chi connectivity index (χ2v) is 12.2. The first-order chi connectivity index (χ1) is 23.4. The molecule has 0 aliphatic rings. The van der Waals surface area contributed by atoms with Crippen LogP contribution in [-0.4, -0.2) is 44.4 Å². The molecule has 240 valence electrons. The molecule has 0 saturated carbocycles. The summed E-state index contributed by atoms with van der Waals surface area (Å²) in [6.45, 7) is 9.03. The van der Waals surface area contributed by atoms with Crippen LogP contribution in [0.15, 0.2) is 109 Å². The van der Waals surface area contributed by atoms with Gasteiger partial charge in [-0.1, -0.05) is 72.8 Å².